The first-order chi connectivity index (χ1) is 7.24. The third-order valence-corrected chi connectivity index (χ3v) is 2.43. The molecule has 0 radical (unpaired) electrons. The van der Waals surface area contributed by atoms with Gasteiger partial charge in [-0.2, -0.15) is 0 Å². The molecule has 1 amide bonds. The van der Waals surface area contributed by atoms with Gasteiger partial charge in [-0.3, -0.25) is 4.79 Å². The van der Waals surface area contributed by atoms with Gasteiger partial charge in [0.1, 0.15) is 11.0 Å². The van der Waals surface area contributed by atoms with E-state index in [2.05, 4.69) is 20.6 Å². The Morgan fingerprint density at radius 3 is 3.00 bits per heavy atom. The second-order valence-electron chi connectivity index (χ2n) is 3.41. The standard InChI is InChI=1S/C9H11ClN4O/c10-7-4-13-8(5-11-7)12-3-6-1-2-9(15)14-6/h4-6H,1-3H2,(H,12,13)(H,14,15). The monoisotopic (exact) mass is 226 g/mol. The Kier molecular flexibility index (Phi) is 3.01. The van der Waals surface area contributed by atoms with E-state index in [1.807, 2.05) is 0 Å². The number of nitrogens with zero attached hydrogens (tertiary/aromatic N) is 2. The lowest BCUT2D eigenvalue weighted by Crippen LogP contribution is -2.31. The average molecular weight is 227 g/mol. The number of carbonyl (C=O) groups excluding carboxylic acids is 1. The summed E-state index contributed by atoms with van der Waals surface area (Å²) in [5.41, 5.74) is 0. The maximum absolute atomic E-state index is 10.9. The molecule has 2 heterocycles. The van der Waals surface area contributed by atoms with Crippen LogP contribution in [0.2, 0.25) is 5.15 Å². The number of anilines is 1. The Hall–Kier alpha value is -1.36. The zero-order valence-corrected chi connectivity index (χ0v) is 8.79. The van der Waals surface area contributed by atoms with Gasteiger partial charge in [0.25, 0.3) is 0 Å². The number of nitrogens with one attached hydrogen (secondary N) is 2. The molecule has 2 N–H and O–H groups in total. The van der Waals surface area contributed by atoms with Gasteiger partial charge in [0, 0.05) is 19.0 Å². The molecule has 0 saturated carbocycles. The molecule has 1 aromatic heterocycles. The van der Waals surface area contributed by atoms with Crippen LogP contribution in [-0.2, 0) is 4.79 Å². The van der Waals surface area contributed by atoms with Gasteiger partial charge in [0.2, 0.25) is 5.91 Å². The Morgan fingerprint density at radius 2 is 2.40 bits per heavy atom. The Bertz CT molecular complexity index is 354. The first-order valence-corrected chi connectivity index (χ1v) is 5.12. The summed E-state index contributed by atoms with van der Waals surface area (Å²) in [5, 5.41) is 6.32. The summed E-state index contributed by atoms with van der Waals surface area (Å²) < 4.78 is 0. The number of halogens is 1. The third-order valence-electron chi connectivity index (χ3n) is 2.23. The van der Waals surface area contributed by atoms with E-state index in [9.17, 15) is 4.79 Å². The number of aromatic nitrogens is 2. The predicted molar refractivity (Wildman–Crippen MR) is 56.7 cm³/mol. The minimum Gasteiger partial charge on any atom is -0.367 e. The molecule has 1 atom stereocenters. The largest absolute Gasteiger partial charge is 0.367 e. The van der Waals surface area contributed by atoms with Crippen LogP contribution in [0.3, 0.4) is 0 Å². The van der Waals surface area contributed by atoms with Gasteiger partial charge in [0.15, 0.2) is 0 Å². The molecule has 6 heteroatoms. The summed E-state index contributed by atoms with van der Waals surface area (Å²) in [6.45, 7) is 0.669. The maximum atomic E-state index is 10.9. The molecular weight excluding hydrogens is 216 g/mol. The molecule has 2 rings (SSSR count). The molecule has 0 aliphatic carbocycles. The van der Waals surface area contributed by atoms with Crippen LogP contribution in [0, 0.1) is 0 Å². The van der Waals surface area contributed by atoms with Crippen LogP contribution in [0.5, 0.6) is 0 Å². The van der Waals surface area contributed by atoms with Gasteiger partial charge in [-0.05, 0) is 6.42 Å². The van der Waals surface area contributed by atoms with E-state index in [1.165, 1.54) is 6.20 Å². The molecule has 1 aliphatic heterocycles. The summed E-state index contributed by atoms with van der Waals surface area (Å²) in [7, 11) is 0. The summed E-state index contributed by atoms with van der Waals surface area (Å²) in [4.78, 5) is 18.9. The maximum Gasteiger partial charge on any atom is 0.220 e. The van der Waals surface area contributed by atoms with Crippen molar-refractivity contribution in [1.82, 2.24) is 15.3 Å². The van der Waals surface area contributed by atoms with Gasteiger partial charge >= 0.3 is 0 Å². The highest BCUT2D eigenvalue weighted by Gasteiger charge is 2.20. The second kappa shape index (κ2) is 4.44. The molecule has 1 aromatic rings. The Morgan fingerprint density at radius 1 is 1.53 bits per heavy atom. The highest BCUT2D eigenvalue weighted by molar-refractivity contribution is 6.29. The van der Waals surface area contributed by atoms with Crippen LogP contribution in [0.25, 0.3) is 0 Å². The molecule has 0 aromatic carbocycles. The van der Waals surface area contributed by atoms with Crippen molar-refractivity contribution in [1.29, 1.82) is 0 Å². The van der Waals surface area contributed by atoms with Crippen LogP contribution in [0.15, 0.2) is 12.4 Å². The lowest BCUT2D eigenvalue weighted by atomic mass is 10.2. The SMILES string of the molecule is O=C1CCC(CNc2cnc(Cl)cn2)N1. The fraction of sp³-hybridized carbons (Fsp3) is 0.444. The van der Waals surface area contributed by atoms with E-state index >= 15 is 0 Å². The fourth-order valence-corrected chi connectivity index (χ4v) is 1.56. The molecule has 5 nitrogen and oxygen atoms in total. The molecule has 0 spiro atoms. The normalized spacial score (nSPS) is 20.1. The van der Waals surface area contributed by atoms with Crippen molar-refractivity contribution in [3.05, 3.63) is 17.5 Å². The van der Waals surface area contributed by atoms with Crippen molar-refractivity contribution in [2.45, 2.75) is 18.9 Å². The molecule has 1 fully saturated rings. The molecule has 15 heavy (non-hydrogen) atoms. The number of hydrogen-bond acceptors (Lipinski definition) is 4. The van der Waals surface area contributed by atoms with E-state index < -0.39 is 0 Å². The lowest BCUT2D eigenvalue weighted by Gasteiger charge is -2.11. The first kappa shape index (κ1) is 10.2. The number of carbonyl (C=O) groups is 1. The van der Waals surface area contributed by atoms with E-state index in [1.54, 1.807) is 6.20 Å². The quantitative estimate of drug-likeness (QED) is 0.801. The van der Waals surface area contributed by atoms with E-state index in [0.29, 0.717) is 23.9 Å². The fourth-order valence-electron chi connectivity index (χ4n) is 1.46. The smallest absolute Gasteiger partial charge is 0.220 e. The zero-order valence-electron chi connectivity index (χ0n) is 8.03. The lowest BCUT2D eigenvalue weighted by molar-refractivity contribution is -0.119. The molecule has 1 saturated heterocycles. The van der Waals surface area contributed by atoms with Gasteiger partial charge in [0.05, 0.1) is 12.4 Å². The van der Waals surface area contributed by atoms with Gasteiger partial charge in [-0.15, -0.1) is 0 Å². The Balaban J connectivity index is 1.83. The van der Waals surface area contributed by atoms with Crippen molar-refractivity contribution in [2.75, 3.05) is 11.9 Å². The van der Waals surface area contributed by atoms with Crippen LogP contribution >= 0.6 is 11.6 Å². The van der Waals surface area contributed by atoms with E-state index in [0.717, 1.165) is 6.42 Å². The minimum absolute atomic E-state index is 0.115. The van der Waals surface area contributed by atoms with Crippen LogP contribution in [0.4, 0.5) is 5.82 Å². The van der Waals surface area contributed by atoms with Crippen molar-refractivity contribution in [3.8, 4) is 0 Å². The molecule has 1 aliphatic rings. The predicted octanol–water partition coefficient (Wildman–Crippen LogP) is 0.820. The molecular formula is C9H11ClN4O. The highest BCUT2D eigenvalue weighted by Crippen LogP contribution is 2.09. The van der Waals surface area contributed by atoms with E-state index in [4.69, 9.17) is 11.6 Å². The third kappa shape index (κ3) is 2.79. The zero-order chi connectivity index (χ0) is 10.7. The van der Waals surface area contributed by atoms with Gasteiger partial charge in [-0.25, -0.2) is 9.97 Å². The number of amides is 1. The van der Waals surface area contributed by atoms with Gasteiger partial charge < -0.3 is 10.6 Å². The second-order valence-corrected chi connectivity index (χ2v) is 3.80. The van der Waals surface area contributed by atoms with Gasteiger partial charge in [-0.1, -0.05) is 11.6 Å². The van der Waals surface area contributed by atoms with Crippen molar-refractivity contribution in [3.63, 3.8) is 0 Å². The summed E-state index contributed by atoms with van der Waals surface area (Å²) in [6, 6.07) is 0.190. The molecule has 80 valence electrons. The highest BCUT2D eigenvalue weighted by atomic mass is 35.5. The van der Waals surface area contributed by atoms with Crippen molar-refractivity contribution in [2.24, 2.45) is 0 Å². The van der Waals surface area contributed by atoms with Crippen molar-refractivity contribution < 1.29 is 4.79 Å². The summed E-state index contributed by atoms with van der Waals surface area (Å²) in [5.74, 6) is 0.782. The summed E-state index contributed by atoms with van der Waals surface area (Å²) in [6.07, 6.45) is 4.53. The topological polar surface area (TPSA) is 66.9 Å². The van der Waals surface area contributed by atoms with Crippen LogP contribution in [0.1, 0.15) is 12.8 Å². The first-order valence-electron chi connectivity index (χ1n) is 4.75. The molecule has 1 unspecified atom stereocenters. The average Bonchev–Trinajstić information content (AvgIpc) is 2.64. The van der Waals surface area contributed by atoms with Crippen LogP contribution in [-0.4, -0.2) is 28.5 Å². The summed E-state index contributed by atoms with van der Waals surface area (Å²) >= 11 is 5.60. The molecule has 0 bridgehead atoms. The van der Waals surface area contributed by atoms with E-state index in [-0.39, 0.29) is 11.9 Å². The number of rotatable bonds is 3. The van der Waals surface area contributed by atoms with Crippen molar-refractivity contribution >= 4 is 23.3 Å². The number of hydrogen-bond donors (Lipinski definition) is 2. The minimum atomic E-state index is 0.115. The Labute approximate surface area is 92.3 Å². The van der Waals surface area contributed by atoms with Crippen LogP contribution < -0.4 is 10.6 Å².